The van der Waals surface area contributed by atoms with Gasteiger partial charge in [-0.15, -0.1) is 0 Å². The van der Waals surface area contributed by atoms with Crippen LogP contribution in [-0.4, -0.2) is 25.0 Å². The number of alkyl halides is 3. The minimum Gasteiger partial charge on any atom is -0.468 e. The van der Waals surface area contributed by atoms with Crippen molar-refractivity contribution in [2.45, 2.75) is 19.0 Å². The van der Waals surface area contributed by atoms with E-state index < -0.39 is 29.8 Å². The van der Waals surface area contributed by atoms with Gasteiger partial charge in [0.1, 0.15) is 0 Å². The highest BCUT2D eigenvalue weighted by Crippen LogP contribution is 2.48. The molecule has 0 amide bonds. The van der Waals surface area contributed by atoms with Crippen LogP contribution in [0.25, 0.3) is 0 Å². The number of esters is 1. The summed E-state index contributed by atoms with van der Waals surface area (Å²) in [5, 5.41) is 0. The van der Waals surface area contributed by atoms with Gasteiger partial charge >= 0.3 is 12.1 Å². The Kier molecular flexibility index (Phi) is 3.12. The molecule has 3 nitrogen and oxygen atoms in total. The van der Waals surface area contributed by atoms with E-state index in [1.54, 1.807) is 12.1 Å². The Balaban J connectivity index is 2.61. The van der Waals surface area contributed by atoms with Gasteiger partial charge in [-0.1, -0.05) is 24.3 Å². The molecule has 1 aromatic carbocycles. The fraction of sp³-hybridized carbons (Fsp3) is 0.385. The van der Waals surface area contributed by atoms with Gasteiger partial charge in [0.2, 0.25) is 5.41 Å². The number of Topliss-reactive ketones (excluding diaryl/α,β-unsaturated/α-hetero) is 1. The first-order chi connectivity index (χ1) is 8.84. The molecule has 0 aliphatic heterocycles. The Morgan fingerprint density at radius 2 is 1.95 bits per heavy atom. The molecule has 1 unspecified atom stereocenters. The Morgan fingerprint density at radius 1 is 1.32 bits per heavy atom. The number of benzene rings is 1. The van der Waals surface area contributed by atoms with Gasteiger partial charge in [0.25, 0.3) is 0 Å². The van der Waals surface area contributed by atoms with Gasteiger partial charge < -0.3 is 4.74 Å². The van der Waals surface area contributed by atoms with Crippen LogP contribution in [-0.2, 0) is 16.0 Å². The lowest BCUT2D eigenvalue weighted by Crippen LogP contribution is -2.54. The molecule has 1 aliphatic rings. The average molecular weight is 272 g/mol. The van der Waals surface area contributed by atoms with Crippen LogP contribution in [0.2, 0.25) is 0 Å². The van der Waals surface area contributed by atoms with E-state index in [2.05, 4.69) is 4.74 Å². The molecule has 0 N–H and O–H groups in total. The average Bonchev–Trinajstić information content (AvgIpc) is 2.37. The molecule has 0 fully saturated rings. The second kappa shape index (κ2) is 4.36. The highest BCUT2D eigenvalue weighted by molar-refractivity contribution is 6.14. The third kappa shape index (κ3) is 1.82. The van der Waals surface area contributed by atoms with Gasteiger partial charge in [-0.05, 0) is 18.4 Å². The van der Waals surface area contributed by atoms with E-state index in [9.17, 15) is 22.8 Å². The number of halogens is 3. The van der Waals surface area contributed by atoms with E-state index in [0.717, 1.165) is 7.11 Å². The topological polar surface area (TPSA) is 43.4 Å². The lowest BCUT2D eigenvalue weighted by molar-refractivity contribution is -0.219. The first-order valence-electron chi connectivity index (χ1n) is 5.62. The van der Waals surface area contributed by atoms with Crippen molar-refractivity contribution in [3.8, 4) is 0 Å². The summed E-state index contributed by atoms with van der Waals surface area (Å²) in [6.07, 6.45) is -5.57. The summed E-state index contributed by atoms with van der Waals surface area (Å²) < 4.78 is 44.0. The third-order valence-electron chi connectivity index (χ3n) is 3.44. The number of methoxy groups -OCH3 is 1. The number of hydrogen-bond donors (Lipinski definition) is 0. The summed E-state index contributed by atoms with van der Waals surface area (Å²) in [6.45, 7) is 0. The Hall–Kier alpha value is -1.85. The van der Waals surface area contributed by atoms with Crippen LogP contribution < -0.4 is 0 Å². The number of ketones is 1. The van der Waals surface area contributed by atoms with Crippen molar-refractivity contribution in [3.63, 3.8) is 0 Å². The number of fused-ring (bicyclic) bond motifs is 1. The summed E-state index contributed by atoms with van der Waals surface area (Å²) in [7, 11) is 0.851. The molecule has 6 heteroatoms. The maximum Gasteiger partial charge on any atom is 0.412 e. The maximum atomic E-state index is 13.3. The van der Waals surface area contributed by atoms with E-state index in [0.29, 0.717) is 5.56 Å². The molecule has 0 radical (unpaired) electrons. The molecule has 1 aromatic rings. The van der Waals surface area contributed by atoms with Crippen LogP contribution in [0.4, 0.5) is 13.2 Å². The fourth-order valence-corrected chi connectivity index (χ4v) is 2.38. The number of carbonyl (C=O) groups excluding carboxylic acids is 2. The smallest absolute Gasteiger partial charge is 0.412 e. The van der Waals surface area contributed by atoms with Crippen molar-refractivity contribution in [2.24, 2.45) is 5.41 Å². The molecule has 0 aromatic heterocycles. The molecule has 0 saturated heterocycles. The quantitative estimate of drug-likeness (QED) is 0.583. The van der Waals surface area contributed by atoms with E-state index in [4.69, 9.17) is 0 Å². The highest BCUT2D eigenvalue weighted by Gasteiger charge is 2.67. The Labute approximate surface area is 107 Å². The lowest BCUT2D eigenvalue weighted by Gasteiger charge is -2.35. The summed E-state index contributed by atoms with van der Waals surface area (Å²) in [6, 6.07) is 6.01. The minimum atomic E-state index is -4.97. The van der Waals surface area contributed by atoms with Crippen molar-refractivity contribution in [2.75, 3.05) is 7.11 Å². The number of carbonyl (C=O) groups is 2. The molecular formula is C13H11F3O3. The van der Waals surface area contributed by atoms with Crippen molar-refractivity contribution < 1.29 is 27.5 Å². The first-order valence-corrected chi connectivity index (χ1v) is 5.62. The fourth-order valence-electron chi connectivity index (χ4n) is 2.38. The first kappa shape index (κ1) is 13.6. The second-order valence-electron chi connectivity index (χ2n) is 4.38. The summed E-state index contributed by atoms with van der Waals surface area (Å²) in [5.41, 5.74) is -2.61. The molecule has 19 heavy (non-hydrogen) atoms. The van der Waals surface area contributed by atoms with Crippen LogP contribution in [0.1, 0.15) is 22.3 Å². The monoisotopic (exact) mass is 272 g/mol. The number of aryl methyl sites for hydroxylation is 1. The summed E-state index contributed by atoms with van der Waals surface area (Å²) in [5.74, 6) is -2.77. The number of ether oxygens (including phenoxy) is 1. The van der Waals surface area contributed by atoms with Crippen molar-refractivity contribution in [1.82, 2.24) is 0 Å². The molecule has 1 aliphatic carbocycles. The van der Waals surface area contributed by atoms with Crippen LogP contribution in [0, 0.1) is 5.41 Å². The predicted octanol–water partition coefficient (Wildman–Crippen LogP) is 2.54. The molecule has 0 spiro atoms. The molecule has 102 valence electrons. The minimum absolute atomic E-state index is 0.0104. The molecule has 1 atom stereocenters. The summed E-state index contributed by atoms with van der Waals surface area (Å²) >= 11 is 0. The molecule has 2 rings (SSSR count). The van der Waals surface area contributed by atoms with Gasteiger partial charge in [-0.2, -0.15) is 13.2 Å². The number of rotatable bonds is 1. The molecule has 0 saturated carbocycles. The van der Waals surface area contributed by atoms with Crippen molar-refractivity contribution in [1.29, 1.82) is 0 Å². The van der Waals surface area contributed by atoms with Gasteiger partial charge in [0.05, 0.1) is 7.11 Å². The van der Waals surface area contributed by atoms with Gasteiger partial charge in [0, 0.05) is 5.56 Å². The Bertz CT molecular complexity index is 536. The lowest BCUT2D eigenvalue weighted by atomic mass is 9.70. The van der Waals surface area contributed by atoms with E-state index in [1.165, 1.54) is 12.1 Å². The third-order valence-corrected chi connectivity index (χ3v) is 3.44. The molecule has 0 bridgehead atoms. The standard InChI is InChI=1S/C13H11F3O3/c1-19-11(18)12(13(14,15)16)7-6-8-4-2-3-5-9(8)10(12)17/h2-5H,6-7H2,1H3. The summed E-state index contributed by atoms with van der Waals surface area (Å²) in [4.78, 5) is 23.8. The zero-order chi connectivity index (χ0) is 14.3. The van der Waals surface area contributed by atoms with E-state index in [-0.39, 0.29) is 12.0 Å². The van der Waals surface area contributed by atoms with Crippen LogP contribution in [0.5, 0.6) is 0 Å². The zero-order valence-electron chi connectivity index (χ0n) is 10.1. The molecule has 0 heterocycles. The van der Waals surface area contributed by atoms with Crippen LogP contribution in [0.15, 0.2) is 24.3 Å². The number of hydrogen-bond acceptors (Lipinski definition) is 3. The van der Waals surface area contributed by atoms with Gasteiger partial charge in [-0.3, -0.25) is 9.59 Å². The van der Waals surface area contributed by atoms with E-state index >= 15 is 0 Å². The van der Waals surface area contributed by atoms with Gasteiger partial charge in [-0.25, -0.2) is 0 Å². The normalized spacial score (nSPS) is 22.8. The predicted molar refractivity (Wildman–Crippen MR) is 59.6 cm³/mol. The molecular weight excluding hydrogens is 261 g/mol. The Morgan fingerprint density at radius 3 is 2.53 bits per heavy atom. The van der Waals surface area contributed by atoms with Crippen molar-refractivity contribution in [3.05, 3.63) is 35.4 Å². The highest BCUT2D eigenvalue weighted by atomic mass is 19.4. The van der Waals surface area contributed by atoms with Crippen LogP contribution in [0.3, 0.4) is 0 Å². The van der Waals surface area contributed by atoms with Crippen molar-refractivity contribution >= 4 is 11.8 Å². The zero-order valence-corrected chi connectivity index (χ0v) is 10.1. The largest absolute Gasteiger partial charge is 0.468 e. The maximum absolute atomic E-state index is 13.3. The van der Waals surface area contributed by atoms with Crippen LogP contribution >= 0.6 is 0 Å². The SMILES string of the molecule is COC(=O)C1(C(F)(F)F)CCc2ccccc2C1=O. The van der Waals surface area contributed by atoms with Gasteiger partial charge in [0.15, 0.2) is 5.78 Å². The second-order valence-corrected chi connectivity index (χ2v) is 4.38. The van der Waals surface area contributed by atoms with E-state index in [1.807, 2.05) is 0 Å².